The van der Waals surface area contributed by atoms with E-state index in [1.807, 2.05) is 0 Å². The van der Waals surface area contributed by atoms with Gasteiger partial charge in [-0.3, -0.25) is 14.4 Å². The first-order valence-electron chi connectivity index (χ1n) is 10.4. The topological polar surface area (TPSA) is 68.6 Å². The number of halogens is 3. The number of hydrogen-bond acceptors (Lipinski definition) is 5. The molecule has 1 aliphatic rings. The van der Waals surface area contributed by atoms with Gasteiger partial charge in [-0.1, -0.05) is 23.2 Å². The molecule has 0 saturated carbocycles. The second-order valence-corrected chi connectivity index (χ2v) is 8.38. The zero-order chi connectivity index (χ0) is 23.4. The van der Waals surface area contributed by atoms with Crippen molar-refractivity contribution in [3.05, 3.63) is 64.0 Å². The van der Waals surface area contributed by atoms with Crippen molar-refractivity contribution in [1.29, 1.82) is 0 Å². The monoisotopic (exact) mass is 492 g/mol. The predicted octanol–water partition coefficient (Wildman–Crippen LogP) is 4.50. The summed E-state index contributed by atoms with van der Waals surface area (Å²) in [6, 6.07) is 9.11. The zero-order valence-corrected chi connectivity index (χ0v) is 19.5. The van der Waals surface area contributed by atoms with Crippen molar-refractivity contribution in [1.82, 2.24) is 14.7 Å². The minimum atomic E-state index is -0.583. The lowest BCUT2D eigenvalue weighted by Crippen LogP contribution is -2.38. The SMILES string of the molecule is Cn1ncc(Cl)c1-c1cc(NC(=O)c2ccc(F)c(Cl)c2)ccc1OCCN1CCOCC1. The molecule has 1 saturated heterocycles. The van der Waals surface area contributed by atoms with Gasteiger partial charge in [0.15, 0.2) is 0 Å². The van der Waals surface area contributed by atoms with E-state index in [0.29, 0.717) is 34.3 Å². The van der Waals surface area contributed by atoms with Crippen LogP contribution < -0.4 is 10.1 Å². The van der Waals surface area contributed by atoms with Crippen molar-refractivity contribution in [3.8, 4) is 17.0 Å². The predicted molar refractivity (Wildman–Crippen MR) is 126 cm³/mol. The summed E-state index contributed by atoms with van der Waals surface area (Å²) < 4.78 is 26.6. The van der Waals surface area contributed by atoms with Crippen LogP contribution in [0.1, 0.15) is 10.4 Å². The van der Waals surface area contributed by atoms with Gasteiger partial charge in [0.25, 0.3) is 5.91 Å². The number of aryl methyl sites for hydroxylation is 1. The van der Waals surface area contributed by atoms with Crippen molar-refractivity contribution in [2.45, 2.75) is 0 Å². The Bertz CT molecular complexity index is 1130. The van der Waals surface area contributed by atoms with Gasteiger partial charge >= 0.3 is 0 Å². The summed E-state index contributed by atoms with van der Waals surface area (Å²) in [5.74, 6) is -0.378. The average Bonchev–Trinajstić information content (AvgIpc) is 3.15. The van der Waals surface area contributed by atoms with E-state index in [2.05, 4.69) is 15.3 Å². The first-order valence-corrected chi connectivity index (χ1v) is 11.2. The van der Waals surface area contributed by atoms with Gasteiger partial charge in [0, 0.05) is 43.5 Å². The van der Waals surface area contributed by atoms with E-state index in [-0.39, 0.29) is 10.6 Å². The van der Waals surface area contributed by atoms with Gasteiger partial charge in [-0.2, -0.15) is 5.10 Å². The summed E-state index contributed by atoms with van der Waals surface area (Å²) in [5.41, 5.74) is 2.12. The molecule has 2 aromatic carbocycles. The Labute approximate surface area is 201 Å². The maximum Gasteiger partial charge on any atom is 0.255 e. The number of carbonyl (C=O) groups excluding carboxylic acids is 1. The highest BCUT2D eigenvalue weighted by atomic mass is 35.5. The van der Waals surface area contributed by atoms with E-state index in [1.54, 1.807) is 36.1 Å². The van der Waals surface area contributed by atoms with Gasteiger partial charge in [0.2, 0.25) is 0 Å². The van der Waals surface area contributed by atoms with Gasteiger partial charge in [-0.15, -0.1) is 0 Å². The third kappa shape index (κ3) is 5.65. The number of nitrogens with zero attached hydrogens (tertiary/aromatic N) is 3. The Hall–Kier alpha value is -2.65. The lowest BCUT2D eigenvalue weighted by molar-refractivity contribution is 0.0323. The van der Waals surface area contributed by atoms with E-state index < -0.39 is 11.7 Å². The molecule has 1 N–H and O–H groups in total. The summed E-state index contributed by atoms with van der Waals surface area (Å²) in [5, 5.41) is 7.37. The molecular weight excluding hydrogens is 470 g/mol. The normalized spacial score (nSPS) is 14.3. The first kappa shape index (κ1) is 23.5. The van der Waals surface area contributed by atoms with Crippen molar-refractivity contribution in [2.75, 3.05) is 44.8 Å². The Balaban J connectivity index is 1.55. The molecule has 1 aliphatic heterocycles. The number of nitrogens with one attached hydrogen (secondary N) is 1. The number of carbonyl (C=O) groups is 1. The molecule has 7 nitrogen and oxygen atoms in total. The van der Waals surface area contributed by atoms with Crippen LogP contribution in [0.2, 0.25) is 10.0 Å². The van der Waals surface area contributed by atoms with Gasteiger partial charge in [0.05, 0.1) is 35.1 Å². The molecule has 10 heteroatoms. The number of anilines is 1. The number of morpholine rings is 1. The van der Waals surface area contributed by atoms with Crippen LogP contribution >= 0.6 is 23.2 Å². The zero-order valence-electron chi connectivity index (χ0n) is 18.0. The number of rotatable bonds is 7. The number of benzene rings is 2. The fraction of sp³-hybridized carbons (Fsp3) is 0.304. The smallest absolute Gasteiger partial charge is 0.255 e. The molecule has 0 radical (unpaired) electrons. The van der Waals surface area contributed by atoms with Crippen molar-refractivity contribution >= 4 is 34.8 Å². The van der Waals surface area contributed by atoms with Gasteiger partial charge in [-0.25, -0.2) is 4.39 Å². The molecule has 33 heavy (non-hydrogen) atoms. The van der Waals surface area contributed by atoms with Gasteiger partial charge in [0.1, 0.15) is 18.2 Å². The second-order valence-electron chi connectivity index (χ2n) is 7.56. The molecule has 0 unspecified atom stereocenters. The molecule has 2 heterocycles. The molecule has 0 aliphatic carbocycles. The molecule has 1 amide bonds. The highest BCUT2D eigenvalue weighted by Crippen LogP contribution is 2.36. The largest absolute Gasteiger partial charge is 0.492 e. The fourth-order valence-electron chi connectivity index (χ4n) is 3.58. The molecule has 0 spiro atoms. The highest BCUT2D eigenvalue weighted by Gasteiger charge is 2.18. The summed E-state index contributed by atoms with van der Waals surface area (Å²) in [7, 11) is 1.78. The summed E-state index contributed by atoms with van der Waals surface area (Å²) in [4.78, 5) is 14.9. The number of hydrogen-bond donors (Lipinski definition) is 1. The molecule has 3 aromatic rings. The Kier molecular flexibility index (Phi) is 7.49. The van der Waals surface area contributed by atoms with Crippen LogP contribution in [-0.4, -0.2) is 60.0 Å². The second kappa shape index (κ2) is 10.5. The minimum absolute atomic E-state index is 0.117. The van der Waals surface area contributed by atoms with Crippen molar-refractivity contribution < 1.29 is 18.7 Å². The maximum atomic E-state index is 13.4. The van der Waals surface area contributed by atoms with E-state index in [0.717, 1.165) is 38.9 Å². The Morgan fingerprint density at radius 3 is 2.67 bits per heavy atom. The lowest BCUT2D eigenvalue weighted by atomic mass is 10.1. The standard InChI is InChI=1S/C23H23Cl2FN4O3/c1-29-22(19(25)14-27-29)17-13-16(28-23(31)15-2-4-20(26)18(24)12-15)3-5-21(17)33-11-8-30-6-9-32-10-7-30/h2-5,12-14H,6-11H2,1H3,(H,28,31). The molecular formula is C23H23Cl2FN4O3. The molecule has 0 bridgehead atoms. The molecule has 1 fully saturated rings. The fourth-order valence-corrected chi connectivity index (χ4v) is 4.03. The van der Waals surface area contributed by atoms with Crippen LogP contribution in [0.25, 0.3) is 11.3 Å². The summed E-state index contributed by atoms with van der Waals surface area (Å²) >= 11 is 12.2. The molecule has 1 aromatic heterocycles. The Morgan fingerprint density at radius 1 is 1.18 bits per heavy atom. The maximum absolute atomic E-state index is 13.4. The van der Waals surface area contributed by atoms with Crippen LogP contribution in [0.4, 0.5) is 10.1 Å². The van der Waals surface area contributed by atoms with E-state index in [4.69, 9.17) is 32.7 Å². The number of amides is 1. The van der Waals surface area contributed by atoms with Crippen LogP contribution in [0, 0.1) is 5.82 Å². The van der Waals surface area contributed by atoms with E-state index in [9.17, 15) is 9.18 Å². The first-order chi connectivity index (χ1) is 15.9. The van der Waals surface area contributed by atoms with Crippen LogP contribution in [-0.2, 0) is 11.8 Å². The van der Waals surface area contributed by atoms with Crippen molar-refractivity contribution in [3.63, 3.8) is 0 Å². The number of ether oxygens (including phenoxy) is 2. The minimum Gasteiger partial charge on any atom is -0.492 e. The van der Waals surface area contributed by atoms with E-state index >= 15 is 0 Å². The van der Waals surface area contributed by atoms with Gasteiger partial charge < -0.3 is 14.8 Å². The average molecular weight is 493 g/mol. The quantitative estimate of drug-likeness (QED) is 0.525. The lowest BCUT2D eigenvalue weighted by Gasteiger charge is -2.26. The number of aromatic nitrogens is 2. The van der Waals surface area contributed by atoms with Crippen LogP contribution in [0.15, 0.2) is 42.6 Å². The molecule has 0 atom stereocenters. The highest BCUT2D eigenvalue weighted by molar-refractivity contribution is 6.33. The third-order valence-corrected chi connectivity index (χ3v) is 5.90. The summed E-state index contributed by atoms with van der Waals surface area (Å²) in [6.45, 7) is 4.46. The van der Waals surface area contributed by atoms with Crippen LogP contribution in [0.5, 0.6) is 5.75 Å². The molecule has 174 valence electrons. The van der Waals surface area contributed by atoms with E-state index in [1.165, 1.54) is 12.1 Å². The Morgan fingerprint density at radius 2 is 1.97 bits per heavy atom. The summed E-state index contributed by atoms with van der Waals surface area (Å²) in [6.07, 6.45) is 1.56. The van der Waals surface area contributed by atoms with Crippen molar-refractivity contribution in [2.24, 2.45) is 7.05 Å². The van der Waals surface area contributed by atoms with Crippen LogP contribution in [0.3, 0.4) is 0 Å². The van der Waals surface area contributed by atoms with Gasteiger partial charge in [-0.05, 0) is 36.4 Å². The molecule has 4 rings (SSSR count). The third-order valence-electron chi connectivity index (χ3n) is 5.34.